The van der Waals surface area contributed by atoms with Gasteiger partial charge in [0.25, 0.3) is 0 Å². The Labute approximate surface area is 614 Å². The van der Waals surface area contributed by atoms with Gasteiger partial charge in [0.05, 0.1) is 238 Å². The van der Waals surface area contributed by atoms with Gasteiger partial charge in [-0.05, 0) is 140 Å². The van der Waals surface area contributed by atoms with Crippen LogP contribution in [0, 0.1) is 0 Å². The molecule has 0 spiro atoms. The van der Waals surface area contributed by atoms with Crippen LogP contribution < -0.4 is 0 Å². The molecule has 106 heavy (non-hydrogen) atoms. The van der Waals surface area contributed by atoms with Gasteiger partial charge in [-0.2, -0.15) is 0 Å². The molecule has 12 N–H and O–H groups in total. The smallest absolute Gasteiger partial charge is 0.157 e. The SMILES string of the molecule is C1COCCO1.C1COCCO1.C1COCCO1.C1COCCO1.C1COCCO1.C1COCCO1.C1COCCO1.C1COCCO1.C1COCCO1.Oc1cc2c(cc1O)C1c3cc(O)c(O)cc3C2c2cc(O)c(O)cc21.Oc1cc2c(cc1O)C1c3cc(O)c(O)cc3C2c2cc(O)c(O)cc21. The molecule has 6 aromatic rings. The molecule has 30 heteroatoms. The number of aromatic hydroxyl groups is 12. The molecular weight excluding hydrogens is 1390 g/mol. The third-order valence-electron chi connectivity index (χ3n) is 17.5. The molecule has 0 unspecified atom stereocenters. The predicted octanol–water partition coefficient (Wildman–Crippen LogP) is 6.11. The first-order valence-electron chi connectivity index (χ1n) is 35.5. The van der Waals surface area contributed by atoms with Gasteiger partial charge in [0.15, 0.2) is 69.0 Å². The number of phenolic OH excluding ortho intramolecular Hbond substituents is 12. The third kappa shape index (κ3) is 24.1. The Morgan fingerprint density at radius 1 is 0.123 bits per heavy atom. The van der Waals surface area contributed by atoms with Crippen LogP contribution in [0.4, 0.5) is 0 Å². The van der Waals surface area contributed by atoms with Gasteiger partial charge in [-0.1, -0.05) is 0 Å². The van der Waals surface area contributed by atoms with Crippen LogP contribution in [-0.2, 0) is 85.3 Å². The normalized spacial score (nSPS) is 21.5. The molecule has 21 rings (SSSR count). The van der Waals surface area contributed by atoms with Crippen LogP contribution in [0.3, 0.4) is 0 Å². The molecule has 6 aliphatic carbocycles. The minimum Gasteiger partial charge on any atom is -0.504 e. The molecular formula is C76H100O30. The summed E-state index contributed by atoms with van der Waals surface area (Å²) < 4.78 is 89.0. The van der Waals surface area contributed by atoms with Crippen molar-refractivity contribution in [3.63, 3.8) is 0 Å². The number of hydrogen-bond donors (Lipinski definition) is 12. The maximum atomic E-state index is 9.97. The quantitative estimate of drug-likeness (QED) is 0.0761. The first-order chi connectivity index (χ1) is 51.7. The lowest BCUT2D eigenvalue weighted by Gasteiger charge is -2.42. The number of benzene rings is 6. The molecule has 584 valence electrons. The summed E-state index contributed by atoms with van der Waals surface area (Å²) in [6.07, 6.45) is 0. The van der Waals surface area contributed by atoms with E-state index in [2.05, 4.69) is 0 Å². The lowest BCUT2D eigenvalue weighted by Crippen LogP contribution is -2.27. The van der Waals surface area contributed by atoms with Crippen molar-refractivity contribution in [2.45, 2.75) is 23.7 Å². The van der Waals surface area contributed by atoms with E-state index in [0.717, 1.165) is 305 Å². The van der Waals surface area contributed by atoms with Crippen molar-refractivity contribution < 1.29 is 147 Å². The maximum Gasteiger partial charge on any atom is 0.157 e. The topological polar surface area (TPSA) is 409 Å². The largest absolute Gasteiger partial charge is 0.504 e. The van der Waals surface area contributed by atoms with Crippen LogP contribution in [0.15, 0.2) is 72.8 Å². The highest BCUT2D eigenvalue weighted by Crippen LogP contribution is 2.62. The van der Waals surface area contributed by atoms with Crippen molar-refractivity contribution in [3.05, 3.63) is 140 Å². The Bertz CT molecular complexity index is 2680. The van der Waals surface area contributed by atoms with Crippen molar-refractivity contribution in [3.8, 4) is 69.0 Å². The third-order valence-corrected chi connectivity index (χ3v) is 17.5. The maximum absolute atomic E-state index is 9.97. The molecule has 30 nitrogen and oxygen atoms in total. The Balaban J connectivity index is 0.000000147. The fourth-order valence-electron chi connectivity index (χ4n) is 12.6. The molecule has 9 aliphatic heterocycles. The average Bonchev–Trinajstić information content (AvgIpc) is 0.704. The summed E-state index contributed by atoms with van der Waals surface area (Å²) in [6, 6.07) is 17.7. The van der Waals surface area contributed by atoms with E-state index in [9.17, 15) is 61.3 Å². The molecule has 0 saturated carbocycles. The molecule has 9 saturated heterocycles. The molecule has 0 radical (unpaired) electrons. The molecule has 9 fully saturated rings. The van der Waals surface area contributed by atoms with Gasteiger partial charge in [0.2, 0.25) is 0 Å². The van der Waals surface area contributed by atoms with Gasteiger partial charge < -0.3 is 147 Å². The van der Waals surface area contributed by atoms with E-state index >= 15 is 0 Å². The zero-order valence-corrected chi connectivity index (χ0v) is 59.4. The Morgan fingerprint density at radius 2 is 0.179 bits per heavy atom. The molecule has 0 aromatic heterocycles. The average molecular weight is 1490 g/mol. The Hall–Kier alpha value is -7.80. The standard InChI is InChI=1S/2C20H14O6.9C4H8O2/c2*21-13-1-7-8(2-14(13)22)20-11-5-17(25)15(23)3-9(11)19(7)10-4-16(24)18(26)6-12(10)20;9*1-2-6-4-3-5-1/h2*1-6,19-26H;9*1-4H2. The molecule has 6 aromatic carbocycles. The second-order valence-electron chi connectivity index (χ2n) is 24.6. The second-order valence-corrected chi connectivity index (χ2v) is 24.6. The second kappa shape index (κ2) is 44.5. The molecule has 4 bridgehead atoms. The summed E-state index contributed by atoms with van der Waals surface area (Å²) >= 11 is 0. The summed E-state index contributed by atoms with van der Waals surface area (Å²) in [5.74, 6) is -4.81. The molecule has 0 amide bonds. The van der Waals surface area contributed by atoms with Crippen LogP contribution in [0.1, 0.15) is 90.4 Å². The zero-order valence-electron chi connectivity index (χ0n) is 59.4. The number of hydrogen-bond acceptors (Lipinski definition) is 30. The monoisotopic (exact) mass is 1490 g/mol. The molecule has 0 atom stereocenters. The van der Waals surface area contributed by atoms with E-state index in [1.165, 1.54) is 72.8 Å². The highest BCUT2D eigenvalue weighted by molar-refractivity contribution is 5.75. The minimum absolute atomic E-state index is 0.259. The summed E-state index contributed by atoms with van der Waals surface area (Å²) in [5.41, 5.74) is 8.84. The van der Waals surface area contributed by atoms with Crippen molar-refractivity contribution >= 4 is 0 Å². The lowest BCUT2D eigenvalue weighted by molar-refractivity contribution is -0.0334. The lowest BCUT2D eigenvalue weighted by atomic mass is 9.61. The number of ether oxygens (including phenoxy) is 18. The van der Waals surface area contributed by atoms with Gasteiger partial charge in [0.1, 0.15) is 0 Å². The van der Waals surface area contributed by atoms with Crippen LogP contribution in [-0.4, -0.2) is 299 Å². The van der Waals surface area contributed by atoms with E-state index in [-0.39, 0.29) is 69.0 Å². The first kappa shape index (κ1) is 82.3. The number of rotatable bonds is 0. The van der Waals surface area contributed by atoms with Gasteiger partial charge in [0, 0.05) is 23.7 Å². The van der Waals surface area contributed by atoms with Crippen LogP contribution in [0.5, 0.6) is 69.0 Å². The summed E-state index contributed by atoms with van der Waals surface area (Å²) in [4.78, 5) is 0. The Morgan fingerprint density at radius 3 is 0.226 bits per heavy atom. The van der Waals surface area contributed by atoms with Gasteiger partial charge >= 0.3 is 0 Å². The highest BCUT2D eigenvalue weighted by atomic mass is 16.6. The summed E-state index contributed by atoms with van der Waals surface area (Å²) in [6.45, 7) is 28.0. The van der Waals surface area contributed by atoms with E-state index in [0.29, 0.717) is 0 Å². The first-order valence-corrected chi connectivity index (χ1v) is 35.5. The fourth-order valence-corrected chi connectivity index (χ4v) is 12.6. The molecule has 9 heterocycles. The highest BCUT2D eigenvalue weighted by Gasteiger charge is 2.45. The Kier molecular flexibility index (Phi) is 34.5. The van der Waals surface area contributed by atoms with Crippen LogP contribution >= 0.6 is 0 Å². The van der Waals surface area contributed by atoms with Crippen molar-refractivity contribution in [2.24, 2.45) is 0 Å². The fraction of sp³-hybridized carbons (Fsp3) is 0.526. The van der Waals surface area contributed by atoms with Gasteiger partial charge in [-0.3, -0.25) is 0 Å². The van der Waals surface area contributed by atoms with Crippen molar-refractivity contribution in [1.29, 1.82) is 0 Å². The molecule has 15 aliphatic rings. The zero-order chi connectivity index (χ0) is 74.8. The number of phenols is 12. The minimum atomic E-state index is -0.426. The van der Waals surface area contributed by atoms with E-state index in [1.807, 2.05) is 0 Å². The summed E-state index contributed by atoms with van der Waals surface area (Å²) in [5, 5.41) is 120. The van der Waals surface area contributed by atoms with Crippen LogP contribution in [0.25, 0.3) is 0 Å². The van der Waals surface area contributed by atoms with Crippen molar-refractivity contribution in [1.82, 2.24) is 0 Å². The van der Waals surface area contributed by atoms with E-state index < -0.39 is 23.7 Å². The van der Waals surface area contributed by atoms with E-state index in [1.54, 1.807) is 0 Å². The van der Waals surface area contributed by atoms with E-state index in [4.69, 9.17) is 85.3 Å². The van der Waals surface area contributed by atoms with Gasteiger partial charge in [-0.25, -0.2) is 0 Å². The van der Waals surface area contributed by atoms with Crippen LogP contribution in [0.2, 0.25) is 0 Å². The van der Waals surface area contributed by atoms with Gasteiger partial charge in [-0.15, -0.1) is 0 Å². The van der Waals surface area contributed by atoms with Crippen molar-refractivity contribution in [2.75, 3.05) is 238 Å². The summed E-state index contributed by atoms with van der Waals surface area (Å²) in [7, 11) is 0. The predicted molar refractivity (Wildman–Crippen MR) is 377 cm³/mol.